The van der Waals surface area contributed by atoms with E-state index in [9.17, 15) is 9.59 Å². The number of para-hydroxylation sites is 2. The van der Waals surface area contributed by atoms with Crippen molar-refractivity contribution in [2.24, 2.45) is 0 Å². The van der Waals surface area contributed by atoms with Gasteiger partial charge in [0.15, 0.2) is 0 Å². The molecule has 7 heteroatoms. The standard InChI is InChI=1S/C17H25N3O4/c1-3-23-10-11-24-16-7-5-4-6-15(16)19-17(22)20-9-8-14(12-20)18-13(2)21/h4-7,14H,3,8-12H2,1-2H3,(H,18,21)(H,19,22)/t14-/m0/s1. The summed E-state index contributed by atoms with van der Waals surface area (Å²) >= 11 is 0. The molecule has 0 saturated carbocycles. The van der Waals surface area contributed by atoms with Crippen molar-refractivity contribution in [1.82, 2.24) is 10.2 Å². The molecule has 1 heterocycles. The van der Waals surface area contributed by atoms with E-state index in [0.717, 1.165) is 6.42 Å². The van der Waals surface area contributed by atoms with Crippen LogP contribution in [-0.4, -0.2) is 55.8 Å². The van der Waals surface area contributed by atoms with Gasteiger partial charge in [0, 0.05) is 32.7 Å². The first-order valence-corrected chi connectivity index (χ1v) is 8.22. The molecule has 0 aromatic heterocycles. The van der Waals surface area contributed by atoms with E-state index in [1.165, 1.54) is 6.92 Å². The topological polar surface area (TPSA) is 79.9 Å². The molecule has 132 valence electrons. The number of likely N-dealkylation sites (tertiary alicyclic amines) is 1. The van der Waals surface area contributed by atoms with Gasteiger partial charge in [-0.2, -0.15) is 0 Å². The van der Waals surface area contributed by atoms with Crippen LogP contribution in [0.25, 0.3) is 0 Å². The molecule has 2 rings (SSSR count). The van der Waals surface area contributed by atoms with Gasteiger partial charge < -0.3 is 25.0 Å². The molecule has 7 nitrogen and oxygen atoms in total. The number of carbonyl (C=O) groups excluding carboxylic acids is 2. The summed E-state index contributed by atoms with van der Waals surface area (Å²) in [6.07, 6.45) is 0.763. The van der Waals surface area contributed by atoms with E-state index < -0.39 is 0 Å². The zero-order chi connectivity index (χ0) is 17.4. The quantitative estimate of drug-likeness (QED) is 0.745. The van der Waals surface area contributed by atoms with Crippen LogP contribution in [0.4, 0.5) is 10.5 Å². The summed E-state index contributed by atoms with van der Waals surface area (Å²) in [5.41, 5.74) is 0.627. The molecule has 0 aliphatic carbocycles. The summed E-state index contributed by atoms with van der Waals surface area (Å²) in [7, 11) is 0. The normalized spacial score (nSPS) is 16.8. The molecule has 2 N–H and O–H groups in total. The van der Waals surface area contributed by atoms with Gasteiger partial charge in [0.05, 0.1) is 12.3 Å². The number of benzene rings is 1. The third kappa shape index (κ3) is 5.42. The molecular formula is C17H25N3O4. The molecule has 1 atom stereocenters. The van der Waals surface area contributed by atoms with Crippen LogP contribution >= 0.6 is 0 Å². The Morgan fingerprint density at radius 1 is 1.29 bits per heavy atom. The molecule has 1 aromatic carbocycles. The van der Waals surface area contributed by atoms with Gasteiger partial charge in [0.25, 0.3) is 0 Å². The van der Waals surface area contributed by atoms with E-state index in [0.29, 0.717) is 44.3 Å². The van der Waals surface area contributed by atoms with E-state index in [1.807, 2.05) is 25.1 Å². The van der Waals surface area contributed by atoms with E-state index in [1.54, 1.807) is 11.0 Å². The first-order chi connectivity index (χ1) is 11.6. The Hall–Kier alpha value is -2.28. The Morgan fingerprint density at radius 3 is 2.83 bits per heavy atom. The van der Waals surface area contributed by atoms with Crippen LogP contribution in [-0.2, 0) is 9.53 Å². The third-order valence-corrected chi connectivity index (χ3v) is 3.70. The predicted molar refractivity (Wildman–Crippen MR) is 91.2 cm³/mol. The van der Waals surface area contributed by atoms with Gasteiger partial charge in [-0.05, 0) is 25.5 Å². The van der Waals surface area contributed by atoms with Crippen LogP contribution in [0.2, 0.25) is 0 Å². The van der Waals surface area contributed by atoms with Crippen molar-refractivity contribution in [2.45, 2.75) is 26.3 Å². The van der Waals surface area contributed by atoms with E-state index >= 15 is 0 Å². The molecule has 0 spiro atoms. The number of hydrogen-bond donors (Lipinski definition) is 2. The number of carbonyl (C=O) groups is 2. The molecule has 0 radical (unpaired) electrons. The van der Waals surface area contributed by atoms with Crippen molar-refractivity contribution >= 4 is 17.6 Å². The lowest BCUT2D eigenvalue weighted by Crippen LogP contribution is -2.38. The lowest BCUT2D eigenvalue weighted by atomic mass is 10.3. The second kappa shape index (κ2) is 9.12. The Bertz CT molecular complexity index is 565. The largest absolute Gasteiger partial charge is 0.489 e. The minimum absolute atomic E-state index is 0.0194. The molecule has 3 amide bonds. The molecule has 1 fully saturated rings. The van der Waals surface area contributed by atoms with Crippen molar-refractivity contribution in [2.75, 3.05) is 38.2 Å². The predicted octanol–water partition coefficient (Wildman–Crippen LogP) is 1.84. The van der Waals surface area contributed by atoms with Crippen LogP contribution < -0.4 is 15.4 Å². The van der Waals surface area contributed by atoms with Crippen LogP contribution in [0.3, 0.4) is 0 Å². The minimum Gasteiger partial charge on any atom is -0.489 e. The van der Waals surface area contributed by atoms with Crippen LogP contribution in [0, 0.1) is 0 Å². The Kier molecular flexibility index (Phi) is 6.87. The first kappa shape index (κ1) is 18.1. The Balaban J connectivity index is 1.88. The molecular weight excluding hydrogens is 310 g/mol. The van der Waals surface area contributed by atoms with E-state index in [-0.39, 0.29) is 18.0 Å². The maximum atomic E-state index is 12.4. The minimum atomic E-state index is -0.191. The highest BCUT2D eigenvalue weighted by molar-refractivity contribution is 5.91. The summed E-state index contributed by atoms with van der Waals surface area (Å²) in [4.78, 5) is 25.2. The number of ether oxygens (including phenoxy) is 2. The Morgan fingerprint density at radius 2 is 2.08 bits per heavy atom. The number of amides is 3. The second-order valence-electron chi connectivity index (χ2n) is 5.60. The molecule has 1 aliphatic heterocycles. The number of anilines is 1. The lowest BCUT2D eigenvalue weighted by Gasteiger charge is -2.19. The zero-order valence-corrected chi connectivity index (χ0v) is 14.2. The maximum absolute atomic E-state index is 12.4. The summed E-state index contributed by atoms with van der Waals surface area (Å²) < 4.78 is 10.9. The summed E-state index contributed by atoms with van der Waals surface area (Å²) in [5.74, 6) is 0.540. The Labute approximate surface area is 142 Å². The molecule has 1 aliphatic rings. The smallest absolute Gasteiger partial charge is 0.322 e. The number of rotatable bonds is 7. The van der Waals surface area contributed by atoms with Crippen molar-refractivity contribution in [3.05, 3.63) is 24.3 Å². The van der Waals surface area contributed by atoms with Crippen molar-refractivity contribution in [3.8, 4) is 5.75 Å². The van der Waals surface area contributed by atoms with Crippen molar-refractivity contribution in [3.63, 3.8) is 0 Å². The molecule has 0 unspecified atom stereocenters. The van der Waals surface area contributed by atoms with Gasteiger partial charge in [-0.1, -0.05) is 12.1 Å². The summed E-state index contributed by atoms with van der Waals surface area (Å²) in [6, 6.07) is 7.14. The average Bonchev–Trinajstić information content (AvgIpc) is 3.01. The van der Waals surface area contributed by atoms with E-state index in [2.05, 4.69) is 10.6 Å². The van der Waals surface area contributed by atoms with E-state index in [4.69, 9.17) is 9.47 Å². The van der Waals surface area contributed by atoms with Gasteiger partial charge >= 0.3 is 6.03 Å². The molecule has 0 bridgehead atoms. The SMILES string of the molecule is CCOCCOc1ccccc1NC(=O)N1CC[C@H](NC(C)=O)C1. The van der Waals surface area contributed by atoms with Gasteiger partial charge in [0.1, 0.15) is 12.4 Å². The van der Waals surface area contributed by atoms with Gasteiger partial charge in [0.2, 0.25) is 5.91 Å². The summed E-state index contributed by atoms with van der Waals surface area (Å²) in [6.45, 7) is 6.12. The number of nitrogens with zero attached hydrogens (tertiary/aromatic N) is 1. The molecule has 1 aromatic rings. The molecule has 1 saturated heterocycles. The van der Waals surface area contributed by atoms with Gasteiger partial charge in [-0.25, -0.2) is 4.79 Å². The number of nitrogens with one attached hydrogen (secondary N) is 2. The first-order valence-electron chi connectivity index (χ1n) is 8.22. The van der Waals surface area contributed by atoms with Gasteiger partial charge in [-0.15, -0.1) is 0 Å². The van der Waals surface area contributed by atoms with Crippen LogP contribution in [0.1, 0.15) is 20.3 Å². The lowest BCUT2D eigenvalue weighted by molar-refractivity contribution is -0.119. The monoisotopic (exact) mass is 335 g/mol. The highest BCUT2D eigenvalue weighted by Crippen LogP contribution is 2.24. The van der Waals surface area contributed by atoms with Crippen LogP contribution in [0.15, 0.2) is 24.3 Å². The fourth-order valence-electron chi connectivity index (χ4n) is 2.59. The van der Waals surface area contributed by atoms with Crippen LogP contribution in [0.5, 0.6) is 5.75 Å². The third-order valence-electron chi connectivity index (χ3n) is 3.70. The second-order valence-corrected chi connectivity index (χ2v) is 5.60. The molecule has 24 heavy (non-hydrogen) atoms. The van der Waals surface area contributed by atoms with Gasteiger partial charge in [-0.3, -0.25) is 4.79 Å². The highest BCUT2D eigenvalue weighted by atomic mass is 16.5. The fourth-order valence-corrected chi connectivity index (χ4v) is 2.59. The summed E-state index contributed by atoms with van der Waals surface area (Å²) in [5, 5.41) is 5.72. The number of urea groups is 1. The number of hydrogen-bond acceptors (Lipinski definition) is 4. The fraction of sp³-hybridized carbons (Fsp3) is 0.529. The van der Waals surface area contributed by atoms with Crippen molar-refractivity contribution < 1.29 is 19.1 Å². The highest BCUT2D eigenvalue weighted by Gasteiger charge is 2.27. The van der Waals surface area contributed by atoms with Crippen molar-refractivity contribution in [1.29, 1.82) is 0 Å². The zero-order valence-electron chi connectivity index (χ0n) is 14.2. The average molecular weight is 335 g/mol. The maximum Gasteiger partial charge on any atom is 0.322 e.